The largest absolute Gasteiger partial charge is 0.507 e. The van der Waals surface area contributed by atoms with E-state index >= 15 is 0 Å². The molecule has 1 aliphatic carbocycles. The van der Waals surface area contributed by atoms with Gasteiger partial charge in [-0.15, -0.1) is 0 Å². The Morgan fingerprint density at radius 1 is 1.29 bits per heavy atom. The predicted octanol–water partition coefficient (Wildman–Crippen LogP) is 2.50. The third kappa shape index (κ3) is 4.40. The molecule has 0 radical (unpaired) electrons. The van der Waals surface area contributed by atoms with Gasteiger partial charge in [0.25, 0.3) is 5.91 Å². The van der Waals surface area contributed by atoms with E-state index in [0.717, 1.165) is 12.8 Å². The lowest BCUT2D eigenvalue weighted by atomic mass is 9.78. The molecule has 0 aliphatic heterocycles. The monoisotopic (exact) mass is 335 g/mol. The van der Waals surface area contributed by atoms with Crippen LogP contribution in [-0.2, 0) is 9.53 Å². The highest BCUT2D eigenvalue weighted by atomic mass is 16.5. The van der Waals surface area contributed by atoms with Crippen molar-refractivity contribution in [3.05, 3.63) is 23.8 Å². The standard InChI is InChI=1S/C18H25NO5/c1-11-5-4-6-15(12(11)2)19-17(21)10-24-18(22)14-9-13(23-3)7-8-16(14)20/h7-9,11-12,15,20H,4-6,10H2,1-3H3,(H,19,21)/t11-,12+,15-/m0/s1. The molecular weight excluding hydrogens is 310 g/mol. The van der Waals surface area contributed by atoms with Gasteiger partial charge in [0.2, 0.25) is 0 Å². The summed E-state index contributed by atoms with van der Waals surface area (Å²) in [5.41, 5.74) is -0.0261. The first kappa shape index (κ1) is 18.1. The number of carbonyl (C=O) groups is 2. The van der Waals surface area contributed by atoms with Gasteiger partial charge in [0, 0.05) is 6.04 Å². The van der Waals surface area contributed by atoms with Crippen molar-refractivity contribution in [3.63, 3.8) is 0 Å². The quantitative estimate of drug-likeness (QED) is 0.808. The predicted molar refractivity (Wildman–Crippen MR) is 89.1 cm³/mol. The molecule has 6 heteroatoms. The number of hydrogen-bond donors (Lipinski definition) is 2. The molecule has 1 amide bonds. The van der Waals surface area contributed by atoms with Gasteiger partial charge >= 0.3 is 5.97 Å². The number of phenolic OH excluding ortho intramolecular Hbond substituents is 1. The molecule has 0 aromatic heterocycles. The van der Waals surface area contributed by atoms with Crippen LogP contribution in [0.15, 0.2) is 18.2 Å². The molecule has 0 saturated heterocycles. The summed E-state index contributed by atoms with van der Waals surface area (Å²) >= 11 is 0. The van der Waals surface area contributed by atoms with Gasteiger partial charge in [0.1, 0.15) is 17.1 Å². The molecule has 2 rings (SSSR count). The molecule has 1 aliphatic rings. The second-order valence-electron chi connectivity index (χ2n) is 6.40. The molecule has 132 valence electrons. The highest BCUT2D eigenvalue weighted by molar-refractivity contribution is 5.94. The number of esters is 1. The number of methoxy groups -OCH3 is 1. The molecule has 2 N–H and O–H groups in total. The average molecular weight is 335 g/mol. The smallest absolute Gasteiger partial charge is 0.342 e. The Balaban J connectivity index is 1.88. The van der Waals surface area contributed by atoms with Crippen LogP contribution >= 0.6 is 0 Å². The normalized spacial score (nSPS) is 23.4. The third-order valence-electron chi connectivity index (χ3n) is 4.81. The Morgan fingerprint density at radius 2 is 2.04 bits per heavy atom. The lowest BCUT2D eigenvalue weighted by Crippen LogP contribution is -2.45. The summed E-state index contributed by atoms with van der Waals surface area (Å²) in [6.07, 6.45) is 3.22. The van der Waals surface area contributed by atoms with E-state index in [9.17, 15) is 14.7 Å². The highest BCUT2D eigenvalue weighted by Crippen LogP contribution is 2.29. The first-order valence-electron chi connectivity index (χ1n) is 8.26. The van der Waals surface area contributed by atoms with Crippen molar-refractivity contribution in [2.75, 3.05) is 13.7 Å². The number of benzene rings is 1. The van der Waals surface area contributed by atoms with Crippen molar-refractivity contribution < 1.29 is 24.2 Å². The molecule has 1 aromatic carbocycles. The maximum absolute atomic E-state index is 12.0. The van der Waals surface area contributed by atoms with E-state index in [4.69, 9.17) is 9.47 Å². The van der Waals surface area contributed by atoms with Gasteiger partial charge in [-0.25, -0.2) is 4.79 Å². The average Bonchev–Trinajstić information content (AvgIpc) is 2.57. The van der Waals surface area contributed by atoms with E-state index in [0.29, 0.717) is 17.6 Å². The number of rotatable bonds is 5. The Bertz CT molecular complexity index is 601. The van der Waals surface area contributed by atoms with Gasteiger partial charge in [0.15, 0.2) is 6.61 Å². The molecule has 0 heterocycles. The number of ether oxygens (including phenoxy) is 2. The summed E-state index contributed by atoms with van der Waals surface area (Å²) in [7, 11) is 1.46. The Hall–Kier alpha value is -2.24. The summed E-state index contributed by atoms with van der Waals surface area (Å²) in [4.78, 5) is 24.1. The summed E-state index contributed by atoms with van der Waals surface area (Å²) in [6, 6.07) is 4.37. The molecule has 1 aromatic rings. The Labute approximate surface area is 142 Å². The fraction of sp³-hybridized carbons (Fsp3) is 0.556. The number of aromatic hydroxyl groups is 1. The zero-order chi connectivity index (χ0) is 17.7. The number of phenols is 1. The number of hydrogen-bond acceptors (Lipinski definition) is 5. The maximum Gasteiger partial charge on any atom is 0.342 e. The fourth-order valence-electron chi connectivity index (χ4n) is 3.05. The van der Waals surface area contributed by atoms with Gasteiger partial charge in [-0.05, 0) is 36.5 Å². The van der Waals surface area contributed by atoms with Crippen LogP contribution in [0, 0.1) is 11.8 Å². The molecule has 0 bridgehead atoms. The highest BCUT2D eigenvalue weighted by Gasteiger charge is 2.28. The number of nitrogens with one attached hydrogen (secondary N) is 1. The van der Waals surface area contributed by atoms with Gasteiger partial charge in [-0.2, -0.15) is 0 Å². The van der Waals surface area contributed by atoms with Crippen LogP contribution in [0.5, 0.6) is 11.5 Å². The first-order chi connectivity index (χ1) is 11.4. The number of carbonyl (C=O) groups excluding carboxylic acids is 2. The molecular formula is C18H25NO5. The van der Waals surface area contributed by atoms with Gasteiger partial charge in [-0.3, -0.25) is 4.79 Å². The van der Waals surface area contributed by atoms with E-state index in [2.05, 4.69) is 19.2 Å². The summed E-state index contributed by atoms with van der Waals surface area (Å²) in [6.45, 7) is 3.96. The number of amides is 1. The maximum atomic E-state index is 12.0. The van der Waals surface area contributed by atoms with E-state index in [-0.39, 0.29) is 29.9 Å². The van der Waals surface area contributed by atoms with Gasteiger partial charge in [-0.1, -0.05) is 26.7 Å². The SMILES string of the molecule is COc1ccc(O)c(C(=O)OCC(=O)N[C@H]2CCC[C@H](C)[C@H]2C)c1. The van der Waals surface area contributed by atoms with Crippen molar-refractivity contribution in [2.45, 2.75) is 39.2 Å². The summed E-state index contributed by atoms with van der Waals surface area (Å²) < 4.78 is 10.0. The van der Waals surface area contributed by atoms with Crippen molar-refractivity contribution in [3.8, 4) is 11.5 Å². The molecule has 6 nitrogen and oxygen atoms in total. The lowest BCUT2D eigenvalue weighted by molar-refractivity contribution is -0.125. The minimum atomic E-state index is -0.758. The lowest BCUT2D eigenvalue weighted by Gasteiger charge is -2.34. The minimum Gasteiger partial charge on any atom is -0.507 e. The van der Waals surface area contributed by atoms with Crippen LogP contribution in [0.3, 0.4) is 0 Å². The topological polar surface area (TPSA) is 84.9 Å². The van der Waals surface area contributed by atoms with Crippen molar-refractivity contribution in [2.24, 2.45) is 11.8 Å². The zero-order valence-corrected chi connectivity index (χ0v) is 14.4. The second kappa shape index (κ2) is 8.04. The summed E-state index contributed by atoms with van der Waals surface area (Å²) in [5, 5.41) is 12.7. The van der Waals surface area contributed by atoms with Crippen molar-refractivity contribution in [1.29, 1.82) is 0 Å². The third-order valence-corrected chi connectivity index (χ3v) is 4.81. The van der Waals surface area contributed by atoms with Gasteiger partial charge < -0.3 is 19.9 Å². The molecule has 1 saturated carbocycles. The summed E-state index contributed by atoms with van der Waals surface area (Å²) in [5.74, 6) is 0.106. The van der Waals surface area contributed by atoms with Gasteiger partial charge in [0.05, 0.1) is 7.11 Å². The molecule has 1 fully saturated rings. The zero-order valence-electron chi connectivity index (χ0n) is 14.4. The van der Waals surface area contributed by atoms with E-state index in [1.807, 2.05) is 0 Å². The molecule has 0 unspecified atom stereocenters. The minimum absolute atomic E-state index is 0.0261. The van der Waals surface area contributed by atoms with Crippen LogP contribution in [0.4, 0.5) is 0 Å². The van der Waals surface area contributed by atoms with Crippen molar-refractivity contribution >= 4 is 11.9 Å². The van der Waals surface area contributed by atoms with Crippen LogP contribution in [0.25, 0.3) is 0 Å². The van der Waals surface area contributed by atoms with Crippen LogP contribution in [0.1, 0.15) is 43.5 Å². The van der Waals surface area contributed by atoms with Crippen LogP contribution in [-0.4, -0.2) is 36.7 Å². The van der Waals surface area contributed by atoms with Crippen LogP contribution in [0.2, 0.25) is 0 Å². The van der Waals surface area contributed by atoms with Crippen molar-refractivity contribution in [1.82, 2.24) is 5.32 Å². The molecule has 24 heavy (non-hydrogen) atoms. The fourth-order valence-corrected chi connectivity index (χ4v) is 3.05. The van der Waals surface area contributed by atoms with E-state index in [1.54, 1.807) is 0 Å². The Morgan fingerprint density at radius 3 is 2.75 bits per heavy atom. The first-order valence-corrected chi connectivity index (χ1v) is 8.26. The van der Waals surface area contributed by atoms with Crippen LogP contribution < -0.4 is 10.1 Å². The molecule has 0 spiro atoms. The molecule has 3 atom stereocenters. The second-order valence-corrected chi connectivity index (χ2v) is 6.40. The van der Waals surface area contributed by atoms with E-state index < -0.39 is 5.97 Å². The van der Waals surface area contributed by atoms with E-state index in [1.165, 1.54) is 31.7 Å². The Kier molecular flexibility index (Phi) is 6.06.